The Labute approximate surface area is 140 Å². The Morgan fingerprint density at radius 1 is 0.789 bits per heavy atom. The molecule has 0 aliphatic rings. The molecule has 4 N–H and O–H groups in total. The molecular formula is C10H18CaO8. The third-order valence-electron chi connectivity index (χ3n) is 2.38. The number of carboxylic acids is 2. The van der Waals surface area contributed by atoms with Crippen LogP contribution in [0.4, 0.5) is 0 Å². The molecule has 0 unspecified atom stereocenters. The predicted molar refractivity (Wildman–Crippen MR) is 60.3 cm³/mol. The zero-order valence-electron chi connectivity index (χ0n) is 11.0. The maximum Gasteiger partial charge on any atom is 2.00 e. The number of aliphatic carboxylic acids is 2. The molecule has 8 nitrogen and oxygen atoms in total. The van der Waals surface area contributed by atoms with E-state index in [4.69, 9.17) is 20.4 Å². The molecule has 0 aliphatic heterocycles. The quantitative estimate of drug-likeness (QED) is 0.355. The first-order valence-corrected chi connectivity index (χ1v) is 5.00. The summed E-state index contributed by atoms with van der Waals surface area (Å²) >= 11 is 0. The number of hydrogen-bond acceptors (Lipinski definition) is 8. The van der Waals surface area contributed by atoms with E-state index in [1.165, 1.54) is 13.8 Å². The average molecular weight is 306 g/mol. The Morgan fingerprint density at radius 2 is 0.947 bits per heavy atom. The number of rotatable bonds is 6. The summed E-state index contributed by atoms with van der Waals surface area (Å²) in [5.74, 6) is -2.87. The Bertz CT molecular complexity index is 245. The Morgan fingerprint density at radius 3 is 0.947 bits per heavy atom. The van der Waals surface area contributed by atoms with E-state index in [1.807, 2.05) is 0 Å². The molecule has 0 atom stereocenters. The van der Waals surface area contributed by atoms with Crippen molar-refractivity contribution in [3.8, 4) is 0 Å². The van der Waals surface area contributed by atoms with E-state index >= 15 is 0 Å². The first-order valence-electron chi connectivity index (χ1n) is 5.00. The van der Waals surface area contributed by atoms with Gasteiger partial charge in [0.15, 0.2) is 0 Å². The van der Waals surface area contributed by atoms with Gasteiger partial charge in [-0.15, -0.1) is 0 Å². The van der Waals surface area contributed by atoms with Gasteiger partial charge in [-0.2, -0.15) is 0 Å². The van der Waals surface area contributed by atoms with Gasteiger partial charge in [0.2, 0.25) is 0 Å². The van der Waals surface area contributed by atoms with Crippen molar-refractivity contribution in [3.63, 3.8) is 0 Å². The summed E-state index contributed by atoms with van der Waals surface area (Å²) in [4.78, 5) is 20.1. The summed E-state index contributed by atoms with van der Waals surface area (Å²) in [5.41, 5.74) is -3.00. The summed E-state index contributed by atoms with van der Waals surface area (Å²) in [6.07, 6.45) is 0. The fourth-order valence-electron chi connectivity index (χ4n) is 0.358. The molecule has 0 saturated heterocycles. The van der Waals surface area contributed by atoms with Crippen LogP contribution in [0.3, 0.4) is 0 Å². The van der Waals surface area contributed by atoms with E-state index in [9.17, 15) is 19.8 Å². The van der Waals surface area contributed by atoms with Crippen LogP contribution in [0.5, 0.6) is 0 Å². The summed E-state index contributed by atoms with van der Waals surface area (Å²) in [6.45, 7) is -0.00000000000000133. The fraction of sp³-hybridized carbons (Fsp3) is 0.800. The number of carboxylic acid groups (broad SMARTS) is 2. The number of hydrogen-bond donors (Lipinski definition) is 4. The molecule has 0 heterocycles. The zero-order chi connectivity index (χ0) is 15.0. The molecule has 0 rings (SSSR count). The van der Waals surface area contributed by atoms with Crippen LogP contribution in [0.25, 0.3) is 0 Å². The van der Waals surface area contributed by atoms with Gasteiger partial charge < -0.3 is 40.2 Å². The van der Waals surface area contributed by atoms with E-state index in [0.717, 1.165) is 0 Å². The van der Waals surface area contributed by atoms with Crippen molar-refractivity contribution in [3.05, 3.63) is 0 Å². The molecular weight excluding hydrogens is 288 g/mol. The topological polar surface area (TPSA) is 161 Å². The Kier molecular flexibility index (Phi) is 13.7. The van der Waals surface area contributed by atoms with Crippen LogP contribution in [-0.2, 0) is 9.59 Å². The second-order valence-corrected chi connectivity index (χ2v) is 4.33. The number of carbonyl (C=O) groups excluding carboxylic acids is 2. The van der Waals surface area contributed by atoms with Gasteiger partial charge in [0.1, 0.15) is 0 Å². The molecule has 0 amide bonds. The molecule has 0 aromatic carbocycles. The molecule has 0 bridgehead atoms. The maximum absolute atomic E-state index is 10.1. The Hall–Kier alpha value is 0.0397. The van der Waals surface area contributed by atoms with Gasteiger partial charge >= 0.3 is 37.7 Å². The molecule has 19 heavy (non-hydrogen) atoms. The monoisotopic (exact) mass is 306 g/mol. The molecule has 0 aromatic heterocycles. The third-order valence-corrected chi connectivity index (χ3v) is 2.38. The molecule has 0 aromatic rings. The van der Waals surface area contributed by atoms with Crippen molar-refractivity contribution in [2.24, 2.45) is 10.8 Å². The molecule has 108 valence electrons. The van der Waals surface area contributed by atoms with Crippen molar-refractivity contribution >= 4 is 49.7 Å². The van der Waals surface area contributed by atoms with Gasteiger partial charge in [0, 0.05) is 0 Å². The number of carbonyl (C=O) groups is 2. The number of aliphatic hydroxyl groups excluding tert-OH is 4. The van der Waals surface area contributed by atoms with E-state index in [2.05, 4.69) is 0 Å². The van der Waals surface area contributed by atoms with Crippen LogP contribution in [0.2, 0.25) is 0 Å². The molecule has 0 radical (unpaired) electrons. The molecule has 0 saturated carbocycles. The zero-order valence-corrected chi connectivity index (χ0v) is 13.2. The maximum atomic E-state index is 10.1. The molecule has 0 aliphatic carbocycles. The van der Waals surface area contributed by atoms with Gasteiger partial charge in [-0.3, -0.25) is 0 Å². The van der Waals surface area contributed by atoms with Crippen molar-refractivity contribution in [2.45, 2.75) is 13.8 Å². The minimum atomic E-state index is -1.50. The van der Waals surface area contributed by atoms with Gasteiger partial charge in [0.25, 0.3) is 0 Å². The van der Waals surface area contributed by atoms with Gasteiger partial charge in [-0.25, -0.2) is 0 Å². The molecule has 0 spiro atoms. The second kappa shape index (κ2) is 10.8. The average Bonchev–Trinajstić information content (AvgIpc) is 2.36. The summed E-state index contributed by atoms with van der Waals surface area (Å²) < 4.78 is 0. The van der Waals surface area contributed by atoms with Crippen molar-refractivity contribution < 1.29 is 40.2 Å². The minimum Gasteiger partial charge on any atom is -0.549 e. The molecule has 0 fully saturated rings. The van der Waals surface area contributed by atoms with Gasteiger partial charge in [-0.05, 0) is 13.8 Å². The van der Waals surface area contributed by atoms with Crippen LogP contribution in [0.1, 0.15) is 13.8 Å². The standard InChI is InChI=1S/2C5H10O4.Ca/c2*1-5(2-6,3-7)4(8)9;/h2*6-7H,2-3H2,1H3,(H,8,9);/q;;+2/p-2. The third kappa shape index (κ3) is 8.03. The van der Waals surface area contributed by atoms with Gasteiger partial charge in [0.05, 0.1) is 49.2 Å². The van der Waals surface area contributed by atoms with E-state index in [0.29, 0.717) is 0 Å². The number of aliphatic hydroxyl groups is 4. The van der Waals surface area contributed by atoms with Crippen LogP contribution in [0.15, 0.2) is 0 Å². The van der Waals surface area contributed by atoms with Crippen molar-refractivity contribution in [1.29, 1.82) is 0 Å². The van der Waals surface area contributed by atoms with E-state index in [1.54, 1.807) is 0 Å². The van der Waals surface area contributed by atoms with Crippen LogP contribution in [0, 0.1) is 10.8 Å². The fourth-order valence-corrected chi connectivity index (χ4v) is 0.358. The largest absolute Gasteiger partial charge is 2.00 e. The molecule has 9 heteroatoms. The van der Waals surface area contributed by atoms with Crippen molar-refractivity contribution in [2.75, 3.05) is 26.4 Å². The first-order chi connectivity index (χ1) is 8.13. The first kappa shape index (κ1) is 24.1. The Balaban J connectivity index is -0.000000256. The van der Waals surface area contributed by atoms with Crippen LogP contribution < -0.4 is 10.2 Å². The smallest absolute Gasteiger partial charge is 0.549 e. The summed E-state index contributed by atoms with van der Waals surface area (Å²) in [7, 11) is 0. The van der Waals surface area contributed by atoms with Crippen LogP contribution >= 0.6 is 0 Å². The van der Waals surface area contributed by atoms with Crippen LogP contribution in [-0.4, -0.2) is 96.5 Å². The van der Waals surface area contributed by atoms with E-state index in [-0.39, 0.29) is 37.7 Å². The van der Waals surface area contributed by atoms with Crippen molar-refractivity contribution in [1.82, 2.24) is 0 Å². The predicted octanol–water partition coefficient (Wildman–Crippen LogP) is -4.93. The van der Waals surface area contributed by atoms with Gasteiger partial charge in [-0.1, -0.05) is 0 Å². The van der Waals surface area contributed by atoms with E-state index < -0.39 is 49.2 Å². The SMILES string of the molecule is CC(CO)(CO)C(=O)[O-].CC(CO)(CO)C(=O)[O-].[Ca+2]. The second-order valence-electron chi connectivity index (χ2n) is 4.33. The summed E-state index contributed by atoms with van der Waals surface area (Å²) in [5, 5.41) is 53.6. The summed E-state index contributed by atoms with van der Waals surface area (Å²) in [6, 6.07) is 0. The normalized spacial score (nSPS) is 10.8. The minimum absolute atomic E-state index is 0.